The number of amides is 1. The molecule has 1 N–H and O–H groups in total. The van der Waals surface area contributed by atoms with Gasteiger partial charge in [0.15, 0.2) is 6.61 Å². The Morgan fingerprint density at radius 1 is 1.23 bits per heavy atom. The largest absolute Gasteiger partial charge is 0.483 e. The first-order chi connectivity index (χ1) is 10.4. The number of nitrogens with one attached hydrogen (secondary N) is 1. The molecule has 3 nitrogen and oxygen atoms in total. The van der Waals surface area contributed by atoms with Crippen molar-refractivity contribution in [3.63, 3.8) is 0 Å². The van der Waals surface area contributed by atoms with Crippen LogP contribution in [-0.4, -0.2) is 12.5 Å². The van der Waals surface area contributed by atoms with E-state index < -0.39 is 11.7 Å². The van der Waals surface area contributed by atoms with Gasteiger partial charge in [-0.05, 0) is 61.7 Å². The van der Waals surface area contributed by atoms with Crippen LogP contribution in [0.25, 0.3) is 0 Å². The van der Waals surface area contributed by atoms with Crippen LogP contribution < -0.4 is 10.1 Å². The number of anilines is 1. The summed E-state index contributed by atoms with van der Waals surface area (Å²) in [5, 5.41) is 2.73. The lowest BCUT2D eigenvalue weighted by Crippen LogP contribution is -2.21. The molecule has 0 saturated carbocycles. The Kier molecular flexibility index (Phi) is 5.03. The van der Waals surface area contributed by atoms with Crippen LogP contribution in [0.3, 0.4) is 0 Å². The molecule has 0 saturated heterocycles. The highest BCUT2D eigenvalue weighted by Gasteiger charge is 2.10. The molecule has 0 heterocycles. The van der Waals surface area contributed by atoms with Gasteiger partial charge in [-0.3, -0.25) is 4.79 Å². The first-order valence-corrected chi connectivity index (χ1v) is 7.20. The molecule has 2 aromatic carbocycles. The maximum Gasteiger partial charge on any atom is 0.262 e. The number of carbonyl (C=O) groups is 1. The van der Waals surface area contributed by atoms with E-state index in [1.54, 1.807) is 0 Å². The van der Waals surface area contributed by atoms with Crippen molar-refractivity contribution in [1.82, 2.24) is 0 Å². The van der Waals surface area contributed by atoms with Gasteiger partial charge in [0.2, 0.25) is 0 Å². The Hall–Kier alpha value is -2.07. The van der Waals surface area contributed by atoms with Crippen molar-refractivity contribution in [1.29, 1.82) is 0 Å². The second-order valence-corrected chi connectivity index (χ2v) is 5.60. The SMILES string of the molecule is Cc1cc(C)c(C)c(OCC(=O)Nc2ccc(Cl)cc2F)c1. The van der Waals surface area contributed by atoms with Gasteiger partial charge in [0, 0.05) is 5.02 Å². The minimum absolute atomic E-state index is 0.0788. The molecular formula is C17H17ClFNO2. The second kappa shape index (κ2) is 6.79. The average molecular weight is 322 g/mol. The van der Waals surface area contributed by atoms with Crippen molar-refractivity contribution in [2.45, 2.75) is 20.8 Å². The quantitative estimate of drug-likeness (QED) is 0.905. The molecule has 5 heteroatoms. The zero-order valence-corrected chi connectivity index (χ0v) is 13.4. The van der Waals surface area contributed by atoms with Crippen molar-refractivity contribution in [2.75, 3.05) is 11.9 Å². The van der Waals surface area contributed by atoms with Gasteiger partial charge >= 0.3 is 0 Å². The highest BCUT2D eigenvalue weighted by Crippen LogP contribution is 2.23. The maximum atomic E-state index is 13.6. The Morgan fingerprint density at radius 3 is 2.64 bits per heavy atom. The standard InChI is InChI=1S/C17H17ClFNO2/c1-10-6-11(2)12(3)16(7-10)22-9-17(21)20-15-5-4-13(18)8-14(15)19/h4-8H,9H2,1-3H3,(H,20,21). The Bertz CT molecular complexity index is 716. The minimum atomic E-state index is -0.580. The van der Waals surface area contributed by atoms with Gasteiger partial charge in [-0.25, -0.2) is 4.39 Å². The molecule has 0 bridgehead atoms. The number of aryl methyl sites for hydroxylation is 2. The molecular weight excluding hydrogens is 305 g/mol. The van der Waals surface area contributed by atoms with Gasteiger partial charge in [0.25, 0.3) is 5.91 Å². The molecule has 1 amide bonds. The molecule has 0 spiro atoms. The van der Waals surface area contributed by atoms with Crippen LogP contribution in [0.4, 0.5) is 10.1 Å². The van der Waals surface area contributed by atoms with Crippen LogP contribution in [0.15, 0.2) is 30.3 Å². The number of benzene rings is 2. The van der Waals surface area contributed by atoms with Gasteiger partial charge < -0.3 is 10.1 Å². The summed E-state index contributed by atoms with van der Waals surface area (Å²) in [6.45, 7) is 5.69. The fourth-order valence-electron chi connectivity index (χ4n) is 2.07. The monoisotopic (exact) mass is 321 g/mol. The normalized spacial score (nSPS) is 10.4. The van der Waals surface area contributed by atoms with E-state index in [4.69, 9.17) is 16.3 Å². The summed E-state index contributed by atoms with van der Waals surface area (Å²) in [7, 11) is 0. The highest BCUT2D eigenvalue weighted by atomic mass is 35.5. The van der Waals surface area contributed by atoms with Crippen LogP contribution >= 0.6 is 11.6 Å². The van der Waals surface area contributed by atoms with Crippen LogP contribution in [0.5, 0.6) is 5.75 Å². The van der Waals surface area contributed by atoms with Gasteiger partial charge in [0.05, 0.1) is 5.69 Å². The first kappa shape index (κ1) is 16.3. The number of hydrogen-bond donors (Lipinski definition) is 1. The third-order valence-corrected chi connectivity index (χ3v) is 3.56. The lowest BCUT2D eigenvalue weighted by molar-refractivity contribution is -0.118. The Balaban J connectivity index is 2.01. The van der Waals surface area contributed by atoms with Crippen molar-refractivity contribution >= 4 is 23.2 Å². The third-order valence-electron chi connectivity index (χ3n) is 3.33. The van der Waals surface area contributed by atoms with Crippen LogP contribution in [0, 0.1) is 26.6 Å². The molecule has 2 aromatic rings. The van der Waals surface area contributed by atoms with Crippen molar-refractivity contribution < 1.29 is 13.9 Å². The summed E-state index contributed by atoms with van der Waals surface area (Å²) in [6.07, 6.45) is 0. The summed E-state index contributed by atoms with van der Waals surface area (Å²) < 4.78 is 19.1. The third kappa shape index (κ3) is 3.98. The van der Waals surface area contributed by atoms with Crippen LogP contribution in [0.2, 0.25) is 5.02 Å². The fourth-order valence-corrected chi connectivity index (χ4v) is 2.23. The van der Waals surface area contributed by atoms with E-state index in [0.29, 0.717) is 5.75 Å². The molecule has 22 heavy (non-hydrogen) atoms. The summed E-state index contributed by atoms with van der Waals surface area (Å²) in [5.74, 6) is -0.354. The predicted molar refractivity (Wildman–Crippen MR) is 86.2 cm³/mol. The number of halogens is 2. The molecule has 0 atom stereocenters. The van der Waals surface area contributed by atoms with Crippen LogP contribution in [0.1, 0.15) is 16.7 Å². The van der Waals surface area contributed by atoms with Gasteiger partial charge in [-0.2, -0.15) is 0 Å². The molecule has 0 radical (unpaired) electrons. The van der Waals surface area contributed by atoms with Gasteiger partial charge in [-0.15, -0.1) is 0 Å². The molecule has 0 unspecified atom stereocenters. The molecule has 2 rings (SSSR count). The maximum absolute atomic E-state index is 13.6. The van der Waals surface area contributed by atoms with Crippen molar-refractivity contribution in [3.05, 3.63) is 57.9 Å². The topological polar surface area (TPSA) is 38.3 Å². The first-order valence-electron chi connectivity index (χ1n) is 6.82. The van der Waals surface area contributed by atoms with E-state index in [2.05, 4.69) is 5.32 Å². The minimum Gasteiger partial charge on any atom is -0.483 e. The average Bonchev–Trinajstić information content (AvgIpc) is 2.44. The van der Waals surface area contributed by atoms with E-state index in [-0.39, 0.29) is 17.3 Å². The van der Waals surface area contributed by atoms with E-state index in [0.717, 1.165) is 22.8 Å². The predicted octanol–water partition coefficient (Wildman–Crippen LogP) is 4.42. The van der Waals surface area contributed by atoms with E-state index in [1.165, 1.54) is 12.1 Å². The fraction of sp³-hybridized carbons (Fsp3) is 0.235. The number of carbonyl (C=O) groups excluding carboxylic acids is 1. The van der Waals surface area contributed by atoms with E-state index in [1.807, 2.05) is 32.9 Å². The lowest BCUT2D eigenvalue weighted by Gasteiger charge is -2.12. The van der Waals surface area contributed by atoms with Crippen molar-refractivity contribution in [3.8, 4) is 5.75 Å². The molecule has 0 fully saturated rings. The Morgan fingerprint density at radius 2 is 1.95 bits per heavy atom. The summed E-state index contributed by atoms with van der Waals surface area (Å²) in [5.41, 5.74) is 3.22. The number of rotatable bonds is 4. The molecule has 0 aliphatic heterocycles. The zero-order chi connectivity index (χ0) is 16.3. The zero-order valence-electron chi connectivity index (χ0n) is 12.7. The Labute approximate surface area is 134 Å². The highest BCUT2D eigenvalue weighted by molar-refractivity contribution is 6.30. The van der Waals surface area contributed by atoms with Gasteiger partial charge in [-0.1, -0.05) is 17.7 Å². The summed E-state index contributed by atoms with van der Waals surface area (Å²) in [6, 6.07) is 7.99. The second-order valence-electron chi connectivity index (χ2n) is 5.17. The van der Waals surface area contributed by atoms with E-state index in [9.17, 15) is 9.18 Å². The molecule has 116 valence electrons. The lowest BCUT2D eigenvalue weighted by atomic mass is 10.1. The van der Waals surface area contributed by atoms with Gasteiger partial charge in [0.1, 0.15) is 11.6 Å². The molecule has 0 aliphatic carbocycles. The van der Waals surface area contributed by atoms with Crippen LogP contribution in [-0.2, 0) is 4.79 Å². The van der Waals surface area contributed by atoms with E-state index >= 15 is 0 Å². The molecule has 0 aliphatic rings. The summed E-state index contributed by atoms with van der Waals surface area (Å²) in [4.78, 5) is 11.9. The smallest absolute Gasteiger partial charge is 0.262 e. The summed E-state index contributed by atoms with van der Waals surface area (Å²) >= 11 is 5.66. The number of ether oxygens (including phenoxy) is 1. The molecule has 0 aromatic heterocycles. The number of hydrogen-bond acceptors (Lipinski definition) is 2. The van der Waals surface area contributed by atoms with Crippen molar-refractivity contribution in [2.24, 2.45) is 0 Å².